The van der Waals surface area contributed by atoms with E-state index >= 15 is 0 Å². The van der Waals surface area contributed by atoms with E-state index in [1.165, 1.54) is 47.7 Å². The number of anilines is 2. The summed E-state index contributed by atoms with van der Waals surface area (Å²) in [5, 5.41) is 8.19. The molecule has 1 amide bonds. The molecule has 0 aliphatic rings. The van der Waals surface area contributed by atoms with Crippen molar-refractivity contribution in [3.8, 4) is 0 Å². The number of aryl methyl sites for hydroxylation is 1. The fraction of sp³-hybridized carbons (Fsp3) is 0.0588. The van der Waals surface area contributed by atoms with Gasteiger partial charge < -0.3 is 9.84 Å². The van der Waals surface area contributed by atoms with Gasteiger partial charge in [-0.1, -0.05) is 11.2 Å². The van der Waals surface area contributed by atoms with E-state index in [1.807, 2.05) is 17.5 Å². The van der Waals surface area contributed by atoms with E-state index in [9.17, 15) is 13.2 Å². The molecule has 1 aromatic carbocycles. The predicted octanol–water partition coefficient (Wildman–Crippen LogP) is 3.50. The normalized spacial score (nSPS) is 11.6. The molecular formula is C17H15N3O4S2. The van der Waals surface area contributed by atoms with Crippen LogP contribution >= 0.6 is 11.3 Å². The molecule has 0 saturated heterocycles. The number of rotatable bonds is 6. The van der Waals surface area contributed by atoms with E-state index in [0.717, 1.165) is 4.88 Å². The Bertz CT molecular complexity index is 1020. The number of hydrogen-bond acceptors (Lipinski definition) is 6. The van der Waals surface area contributed by atoms with Crippen LogP contribution in [0.4, 0.5) is 11.5 Å². The van der Waals surface area contributed by atoms with Gasteiger partial charge in [0.15, 0.2) is 5.82 Å². The second-order valence-corrected chi connectivity index (χ2v) is 7.95. The Morgan fingerprint density at radius 1 is 1.23 bits per heavy atom. The highest BCUT2D eigenvalue weighted by Gasteiger charge is 2.16. The zero-order valence-corrected chi connectivity index (χ0v) is 15.3. The van der Waals surface area contributed by atoms with Crippen LogP contribution in [0.2, 0.25) is 0 Å². The molecule has 9 heteroatoms. The Balaban J connectivity index is 1.65. The molecule has 3 rings (SSSR count). The van der Waals surface area contributed by atoms with Gasteiger partial charge in [0, 0.05) is 22.7 Å². The van der Waals surface area contributed by atoms with Crippen LogP contribution in [0.25, 0.3) is 6.08 Å². The number of aromatic nitrogens is 1. The number of nitrogens with one attached hydrogen (secondary N) is 2. The third-order valence-electron chi connectivity index (χ3n) is 3.24. The summed E-state index contributed by atoms with van der Waals surface area (Å²) in [7, 11) is -3.78. The summed E-state index contributed by atoms with van der Waals surface area (Å²) in [6.45, 7) is 1.66. The maximum Gasteiger partial charge on any atom is 0.263 e. The molecule has 0 fully saturated rings. The average molecular weight is 389 g/mol. The van der Waals surface area contributed by atoms with E-state index < -0.39 is 10.0 Å². The lowest BCUT2D eigenvalue weighted by atomic mass is 10.3. The third kappa shape index (κ3) is 4.58. The summed E-state index contributed by atoms with van der Waals surface area (Å²) in [6, 6.07) is 11.1. The lowest BCUT2D eigenvalue weighted by Crippen LogP contribution is -2.13. The van der Waals surface area contributed by atoms with Gasteiger partial charge in [-0.15, -0.1) is 11.3 Å². The molecule has 0 unspecified atom stereocenters. The summed E-state index contributed by atoms with van der Waals surface area (Å²) in [6.07, 6.45) is 3.13. The highest BCUT2D eigenvalue weighted by Crippen LogP contribution is 2.18. The third-order valence-corrected chi connectivity index (χ3v) is 5.45. The standard InChI is InChI=1S/C17H15N3O4S2/c1-12-11-16(19-24-12)20-26(22,23)15-7-4-13(5-8-15)18-17(21)9-6-14-3-2-10-25-14/h2-11H,1H3,(H,18,21)(H,19,20)/b9-6-. The SMILES string of the molecule is Cc1cc(NS(=O)(=O)c2ccc(NC(=O)/C=C\c3cccs3)cc2)no1. The van der Waals surface area contributed by atoms with Crippen molar-refractivity contribution in [3.63, 3.8) is 0 Å². The average Bonchev–Trinajstić information content (AvgIpc) is 3.25. The molecular weight excluding hydrogens is 374 g/mol. The van der Waals surface area contributed by atoms with Crippen LogP contribution in [-0.4, -0.2) is 19.5 Å². The van der Waals surface area contributed by atoms with Crippen molar-refractivity contribution >= 4 is 44.8 Å². The van der Waals surface area contributed by atoms with E-state index in [4.69, 9.17) is 4.52 Å². The smallest absolute Gasteiger partial charge is 0.263 e. The lowest BCUT2D eigenvalue weighted by molar-refractivity contribution is -0.111. The number of amides is 1. The Labute approximate surface area is 154 Å². The van der Waals surface area contributed by atoms with Crippen molar-refractivity contribution in [1.82, 2.24) is 5.16 Å². The molecule has 0 spiro atoms. The second-order valence-electron chi connectivity index (χ2n) is 5.29. The van der Waals surface area contributed by atoms with Crippen LogP contribution < -0.4 is 10.0 Å². The molecule has 0 bridgehead atoms. The van der Waals surface area contributed by atoms with E-state index in [-0.39, 0.29) is 16.6 Å². The Hall–Kier alpha value is -2.91. The maximum atomic E-state index is 12.3. The Morgan fingerprint density at radius 2 is 2.00 bits per heavy atom. The fourth-order valence-corrected chi connectivity index (χ4v) is 3.66. The summed E-state index contributed by atoms with van der Waals surface area (Å²) < 4.78 is 31.7. The molecule has 134 valence electrons. The molecule has 0 atom stereocenters. The molecule has 2 heterocycles. The van der Waals surface area contributed by atoms with Crippen molar-refractivity contribution in [2.45, 2.75) is 11.8 Å². The predicted molar refractivity (Wildman–Crippen MR) is 100 cm³/mol. The number of carbonyl (C=O) groups is 1. The summed E-state index contributed by atoms with van der Waals surface area (Å²) in [4.78, 5) is 12.9. The van der Waals surface area contributed by atoms with Crippen molar-refractivity contribution < 1.29 is 17.7 Å². The monoisotopic (exact) mass is 389 g/mol. The maximum absolute atomic E-state index is 12.3. The number of sulfonamides is 1. The topological polar surface area (TPSA) is 101 Å². The first-order valence-electron chi connectivity index (χ1n) is 7.51. The minimum Gasteiger partial charge on any atom is -0.360 e. The van der Waals surface area contributed by atoms with Crippen LogP contribution in [-0.2, 0) is 14.8 Å². The quantitative estimate of drug-likeness (QED) is 0.628. The summed E-state index contributed by atoms with van der Waals surface area (Å²) in [5.74, 6) is 0.306. The first-order valence-corrected chi connectivity index (χ1v) is 9.87. The molecule has 3 aromatic rings. The van der Waals surface area contributed by atoms with Crippen molar-refractivity contribution in [3.05, 3.63) is 64.6 Å². The summed E-state index contributed by atoms with van der Waals surface area (Å²) >= 11 is 1.53. The van der Waals surface area contributed by atoms with E-state index in [0.29, 0.717) is 11.4 Å². The second kappa shape index (κ2) is 7.54. The van der Waals surface area contributed by atoms with Gasteiger partial charge in [0.1, 0.15) is 5.76 Å². The molecule has 2 aromatic heterocycles. The molecule has 26 heavy (non-hydrogen) atoms. The van der Waals surface area contributed by atoms with Crippen LogP contribution in [0.1, 0.15) is 10.6 Å². The van der Waals surface area contributed by atoms with Crippen LogP contribution in [0.5, 0.6) is 0 Å². The molecule has 7 nitrogen and oxygen atoms in total. The molecule has 0 aliphatic heterocycles. The number of nitrogens with zero attached hydrogens (tertiary/aromatic N) is 1. The van der Waals surface area contributed by atoms with Gasteiger partial charge in [-0.05, 0) is 48.7 Å². The fourth-order valence-electron chi connectivity index (χ4n) is 2.06. The highest BCUT2D eigenvalue weighted by molar-refractivity contribution is 7.92. The number of thiophene rings is 1. The molecule has 2 N–H and O–H groups in total. The minimum atomic E-state index is -3.78. The van der Waals surface area contributed by atoms with Crippen molar-refractivity contribution in [2.24, 2.45) is 0 Å². The zero-order chi connectivity index (χ0) is 18.6. The van der Waals surface area contributed by atoms with Gasteiger partial charge in [-0.2, -0.15) is 0 Å². The van der Waals surface area contributed by atoms with Gasteiger partial charge in [-0.25, -0.2) is 8.42 Å². The Morgan fingerprint density at radius 3 is 2.62 bits per heavy atom. The molecule has 0 radical (unpaired) electrons. The number of hydrogen-bond donors (Lipinski definition) is 2. The molecule has 0 saturated carbocycles. The first kappa shape index (κ1) is 17.9. The van der Waals surface area contributed by atoms with Gasteiger partial charge in [0.25, 0.3) is 10.0 Å². The number of benzene rings is 1. The Kier molecular flexibility index (Phi) is 5.19. The van der Waals surface area contributed by atoms with Gasteiger partial charge in [0.2, 0.25) is 5.91 Å². The largest absolute Gasteiger partial charge is 0.360 e. The minimum absolute atomic E-state index is 0.0466. The van der Waals surface area contributed by atoms with E-state index in [1.54, 1.807) is 13.0 Å². The summed E-state index contributed by atoms with van der Waals surface area (Å²) in [5.41, 5.74) is 0.488. The van der Waals surface area contributed by atoms with E-state index in [2.05, 4.69) is 15.2 Å². The van der Waals surface area contributed by atoms with Gasteiger partial charge >= 0.3 is 0 Å². The van der Waals surface area contributed by atoms with Crippen LogP contribution in [0, 0.1) is 6.92 Å². The first-order chi connectivity index (χ1) is 12.4. The van der Waals surface area contributed by atoms with Crippen LogP contribution in [0.15, 0.2) is 63.3 Å². The molecule has 0 aliphatic carbocycles. The van der Waals surface area contributed by atoms with Gasteiger partial charge in [0.05, 0.1) is 4.90 Å². The number of carbonyl (C=O) groups excluding carboxylic acids is 1. The van der Waals surface area contributed by atoms with Crippen molar-refractivity contribution in [2.75, 3.05) is 10.0 Å². The van der Waals surface area contributed by atoms with Crippen LogP contribution in [0.3, 0.4) is 0 Å². The zero-order valence-electron chi connectivity index (χ0n) is 13.7. The van der Waals surface area contributed by atoms with Crippen molar-refractivity contribution in [1.29, 1.82) is 0 Å². The van der Waals surface area contributed by atoms with Gasteiger partial charge in [-0.3, -0.25) is 9.52 Å². The lowest BCUT2D eigenvalue weighted by Gasteiger charge is -2.06. The highest BCUT2D eigenvalue weighted by atomic mass is 32.2.